The average molecular weight is 460 g/mol. The summed E-state index contributed by atoms with van der Waals surface area (Å²) in [5, 5.41) is 1.14. The zero-order chi connectivity index (χ0) is 22.2. The second-order valence-corrected chi connectivity index (χ2v) is 9.83. The first-order chi connectivity index (χ1) is 14.8. The van der Waals surface area contributed by atoms with Crippen molar-refractivity contribution in [3.8, 4) is 5.75 Å². The summed E-state index contributed by atoms with van der Waals surface area (Å²) < 4.78 is 32.3. The van der Waals surface area contributed by atoms with Crippen molar-refractivity contribution in [2.24, 2.45) is 11.7 Å². The third-order valence-corrected chi connectivity index (χ3v) is 7.65. The van der Waals surface area contributed by atoms with Crippen LogP contribution < -0.4 is 15.4 Å². The Balaban J connectivity index is 1.87. The topological polar surface area (TPSA) is 103 Å². The highest BCUT2D eigenvalue weighted by Crippen LogP contribution is 2.38. The molecular formula is C22H22ClN3O4S. The number of primary amides is 1. The summed E-state index contributed by atoms with van der Waals surface area (Å²) in [5.74, 6) is 0.0269. The zero-order valence-corrected chi connectivity index (χ0v) is 18.5. The molecule has 7 nitrogen and oxygen atoms in total. The Bertz CT molecular complexity index is 1240. The fourth-order valence-corrected chi connectivity index (χ4v) is 5.53. The monoisotopic (exact) mass is 459 g/mol. The van der Waals surface area contributed by atoms with Gasteiger partial charge in [-0.3, -0.25) is 9.78 Å². The van der Waals surface area contributed by atoms with Crippen molar-refractivity contribution >= 4 is 43.9 Å². The molecule has 0 radical (unpaired) electrons. The summed E-state index contributed by atoms with van der Waals surface area (Å²) in [4.78, 5) is 18.2. The van der Waals surface area contributed by atoms with Gasteiger partial charge in [-0.05, 0) is 55.3 Å². The molecule has 162 valence electrons. The summed E-state index contributed by atoms with van der Waals surface area (Å²) in [6.07, 6.45) is 2.51. The molecule has 1 saturated heterocycles. The standard InChI is InChI=1S/C22H22ClN3O4S/c1-30-16-3-5-17(6-4-16)31(28,29)20-13-25-19-7-2-15(23)12-18(19)21(20)26-10-8-14(9-11-26)22(24)27/h2-7,12-14H,8-11H2,1H3,(H2,24,27). The van der Waals surface area contributed by atoms with E-state index in [1.54, 1.807) is 30.3 Å². The van der Waals surface area contributed by atoms with E-state index in [4.69, 9.17) is 22.1 Å². The van der Waals surface area contributed by atoms with Gasteiger partial charge in [-0.1, -0.05) is 11.6 Å². The van der Waals surface area contributed by atoms with Gasteiger partial charge in [-0.25, -0.2) is 8.42 Å². The lowest BCUT2D eigenvalue weighted by Crippen LogP contribution is -2.39. The van der Waals surface area contributed by atoms with Crippen LogP contribution in [0.5, 0.6) is 5.75 Å². The van der Waals surface area contributed by atoms with Gasteiger partial charge in [0, 0.05) is 35.6 Å². The number of carbonyl (C=O) groups is 1. The molecule has 2 heterocycles. The van der Waals surface area contributed by atoms with Crippen LogP contribution in [0.1, 0.15) is 12.8 Å². The summed E-state index contributed by atoms with van der Waals surface area (Å²) in [5.41, 5.74) is 6.66. The van der Waals surface area contributed by atoms with Crippen LogP contribution in [0.3, 0.4) is 0 Å². The molecule has 1 amide bonds. The van der Waals surface area contributed by atoms with Gasteiger partial charge in [0.25, 0.3) is 0 Å². The van der Waals surface area contributed by atoms with E-state index in [-0.39, 0.29) is 21.6 Å². The van der Waals surface area contributed by atoms with Crippen LogP contribution in [-0.2, 0) is 14.6 Å². The van der Waals surface area contributed by atoms with Crippen LogP contribution in [0.15, 0.2) is 58.5 Å². The number of piperidine rings is 1. The molecule has 2 aromatic carbocycles. The third kappa shape index (κ3) is 4.05. The Morgan fingerprint density at radius 1 is 1.16 bits per heavy atom. The third-order valence-electron chi connectivity index (χ3n) is 5.64. The number of carbonyl (C=O) groups excluding carboxylic acids is 1. The molecule has 0 saturated carbocycles. The number of aromatic nitrogens is 1. The maximum Gasteiger partial charge on any atom is 0.220 e. The Kier molecular flexibility index (Phi) is 5.77. The molecular weight excluding hydrogens is 438 g/mol. The molecule has 0 aliphatic carbocycles. The Labute approximate surface area is 185 Å². The number of rotatable bonds is 5. The molecule has 1 aliphatic heterocycles. The van der Waals surface area contributed by atoms with Crippen LogP contribution in [0, 0.1) is 5.92 Å². The van der Waals surface area contributed by atoms with E-state index in [9.17, 15) is 13.2 Å². The first kappa shape index (κ1) is 21.4. The molecule has 0 spiro atoms. The molecule has 1 aliphatic rings. The quantitative estimate of drug-likeness (QED) is 0.627. The smallest absolute Gasteiger partial charge is 0.220 e. The number of nitrogens with zero attached hydrogens (tertiary/aromatic N) is 2. The van der Waals surface area contributed by atoms with Crippen molar-refractivity contribution in [2.45, 2.75) is 22.6 Å². The summed E-state index contributed by atoms with van der Waals surface area (Å²) in [6, 6.07) is 11.5. The van der Waals surface area contributed by atoms with Crippen molar-refractivity contribution in [1.82, 2.24) is 4.98 Å². The summed E-state index contributed by atoms with van der Waals surface area (Å²) in [7, 11) is -2.35. The van der Waals surface area contributed by atoms with Crippen LogP contribution in [-0.4, -0.2) is 39.5 Å². The minimum atomic E-state index is -3.87. The molecule has 0 unspecified atom stereocenters. The number of sulfone groups is 1. The number of methoxy groups -OCH3 is 1. The molecule has 1 fully saturated rings. The minimum Gasteiger partial charge on any atom is -0.497 e. The summed E-state index contributed by atoms with van der Waals surface area (Å²) in [6.45, 7) is 1.01. The van der Waals surface area contributed by atoms with Gasteiger partial charge < -0.3 is 15.4 Å². The number of nitrogens with two attached hydrogens (primary N) is 1. The highest BCUT2D eigenvalue weighted by atomic mass is 35.5. The normalized spacial score (nSPS) is 15.2. The van der Waals surface area contributed by atoms with Crippen LogP contribution in [0.25, 0.3) is 10.9 Å². The number of halogens is 1. The molecule has 31 heavy (non-hydrogen) atoms. The van der Waals surface area contributed by atoms with Crippen molar-refractivity contribution in [1.29, 1.82) is 0 Å². The summed E-state index contributed by atoms with van der Waals surface area (Å²) >= 11 is 6.24. The number of anilines is 1. The molecule has 1 aromatic heterocycles. The predicted molar refractivity (Wildman–Crippen MR) is 119 cm³/mol. The molecule has 3 aromatic rings. The van der Waals surface area contributed by atoms with Crippen LogP contribution >= 0.6 is 11.6 Å². The number of pyridine rings is 1. The van der Waals surface area contributed by atoms with Gasteiger partial charge in [-0.2, -0.15) is 0 Å². The fraction of sp³-hybridized carbons (Fsp3) is 0.273. The first-order valence-electron chi connectivity index (χ1n) is 9.83. The number of fused-ring (bicyclic) bond motifs is 1. The SMILES string of the molecule is COc1ccc(S(=O)(=O)c2cnc3ccc(Cl)cc3c2N2CCC(C(N)=O)CC2)cc1. The highest BCUT2D eigenvalue weighted by Gasteiger charge is 2.30. The fourth-order valence-electron chi connectivity index (χ4n) is 3.92. The van der Waals surface area contributed by atoms with E-state index in [2.05, 4.69) is 4.98 Å². The lowest BCUT2D eigenvalue weighted by Gasteiger charge is -2.34. The number of hydrogen-bond donors (Lipinski definition) is 1. The second kappa shape index (κ2) is 8.36. The largest absolute Gasteiger partial charge is 0.497 e. The van der Waals surface area contributed by atoms with Crippen molar-refractivity contribution < 1.29 is 17.9 Å². The van der Waals surface area contributed by atoms with Crippen molar-refractivity contribution in [3.05, 3.63) is 53.7 Å². The molecule has 4 rings (SSSR count). The Morgan fingerprint density at radius 2 is 1.84 bits per heavy atom. The van der Waals surface area contributed by atoms with Crippen LogP contribution in [0.2, 0.25) is 5.02 Å². The predicted octanol–water partition coefficient (Wildman–Crippen LogP) is 3.43. The van der Waals surface area contributed by atoms with Gasteiger partial charge in [0.1, 0.15) is 10.6 Å². The van der Waals surface area contributed by atoms with Crippen LogP contribution in [0.4, 0.5) is 5.69 Å². The van der Waals surface area contributed by atoms with E-state index in [0.717, 1.165) is 0 Å². The lowest BCUT2D eigenvalue weighted by molar-refractivity contribution is -0.122. The number of ether oxygens (including phenoxy) is 1. The van der Waals surface area contributed by atoms with Gasteiger partial charge >= 0.3 is 0 Å². The average Bonchev–Trinajstić information content (AvgIpc) is 2.78. The van der Waals surface area contributed by atoms with Gasteiger partial charge in [0.15, 0.2) is 0 Å². The first-order valence-corrected chi connectivity index (χ1v) is 11.7. The van der Waals surface area contributed by atoms with Gasteiger partial charge in [-0.15, -0.1) is 0 Å². The maximum absolute atomic E-state index is 13.6. The number of hydrogen-bond acceptors (Lipinski definition) is 6. The molecule has 9 heteroatoms. The Hall–Kier alpha value is -2.84. The zero-order valence-electron chi connectivity index (χ0n) is 16.9. The van der Waals surface area contributed by atoms with E-state index in [1.807, 2.05) is 4.90 Å². The van der Waals surface area contributed by atoms with Gasteiger partial charge in [0.2, 0.25) is 15.7 Å². The maximum atomic E-state index is 13.6. The lowest BCUT2D eigenvalue weighted by atomic mass is 9.95. The van der Waals surface area contributed by atoms with Crippen molar-refractivity contribution in [2.75, 3.05) is 25.1 Å². The molecule has 0 atom stereocenters. The second-order valence-electron chi connectivity index (χ2n) is 7.48. The molecule has 0 bridgehead atoms. The van der Waals surface area contributed by atoms with E-state index in [1.165, 1.54) is 25.4 Å². The number of benzene rings is 2. The number of amides is 1. The molecule has 2 N–H and O–H groups in total. The minimum absolute atomic E-state index is 0.102. The van der Waals surface area contributed by atoms with E-state index >= 15 is 0 Å². The van der Waals surface area contributed by atoms with E-state index < -0.39 is 9.84 Å². The van der Waals surface area contributed by atoms with E-state index in [0.29, 0.717) is 53.3 Å². The van der Waals surface area contributed by atoms with Crippen molar-refractivity contribution in [3.63, 3.8) is 0 Å². The Morgan fingerprint density at radius 3 is 2.45 bits per heavy atom. The van der Waals surface area contributed by atoms with Gasteiger partial charge in [0.05, 0.1) is 23.2 Å². The highest BCUT2D eigenvalue weighted by molar-refractivity contribution is 7.91.